The van der Waals surface area contributed by atoms with Gasteiger partial charge in [0.15, 0.2) is 6.61 Å². The van der Waals surface area contributed by atoms with E-state index in [-0.39, 0.29) is 12.5 Å². The molecule has 2 aromatic carbocycles. The number of ether oxygens (including phenoxy) is 1. The number of halogens is 1. The number of nitrogens with zero attached hydrogens (tertiary/aromatic N) is 2. The van der Waals surface area contributed by atoms with Gasteiger partial charge in [0.05, 0.1) is 12.2 Å². The molecule has 0 aliphatic rings. The van der Waals surface area contributed by atoms with Crippen molar-refractivity contribution in [2.24, 2.45) is 0 Å². The summed E-state index contributed by atoms with van der Waals surface area (Å²) in [6.45, 7) is 5.87. The number of carbonyl (C=O) groups is 2. The molecule has 4 rings (SSSR count). The normalized spacial score (nSPS) is 11.0. The molecule has 0 atom stereocenters. The maximum Gasteiger partial charge on any atom is 0.348 e. The summed E-state index contributed by atoms with van der Waals surface area (Å²) in [6, 6.07) is 15.1. The molecule has 8 heteroatoms. The molecule has 6 nitrogen and oxygen atoms in total. The standard InChI is InChI=1S/C24H22ClN3O3S/c1-14-7-6-8-15(2)22(14)26-21(29)13-31-24(30)20-11-18-16(3)27-28(23(18)32-20)12-17-9-4-5-10-19(17)25/h4-11H,12-13H2,1-3H3,(H,26,29). The Bertz CT molecular complexity index is 1310. The molecule has 164 valence electrons. The molecule has 0 bridgehead atoms. The van der Waals surface area contributed by atoms with Gasteiger partial charge in [0.25, 0.3) is 5.91 Å². The summed E-state index contributed by atoms with van der Waals surface area (Å²) in [5.41, 5.74) is 4.40. The molecule has 0 aliphatic carbocycles. The number of carbonyl (C=O) groups excluding carboxylic acids is 2. The highest BCUT2D eigenvalue weighted by atomic mass is 35.5. The Morgan fingerprint density at radius 3 is 2.53 bits per heavy atom. The van der Waals surface area contributed by atoms with Crippen molar-refractivity contribution in [1.82, 2.24) is 9.78 Å². The summed E-state index contributed by atoms with van der Waals surface area (Å²) in [5.74, 6) is -0.913. The zero-order chi connectivity index (χ0) is 22.8. The fraction of sp³-hybridized carbons (Fsp3) is 0.208. The number of para-hydroxylation sites is 1. The average Bonchev–Trinajstić information content (AvgIpc) is 3.32. The summed E-state index contributed by atoms with van der Waals surface area (Å²) in [7, 11) is 0. The van der Waals surface area contributed by atoms with Gasteiger partial charge in [0.1, 0.15) is 9.71 Å². The number of anilines is 1. The fourth-order valence-corrected chi connectivity index (χ4v) is 4.75. The number of esters is 1. The zero-order valence-electron chi connectivity index (χ0n) is 17.9. The summed E-state index contributed by atoms with van der Waals surface area (Å²) < 4.78 is 7.10. The number of aromatic nitrogens is 2. The van der Waals surface area contributed by atoms with E-state index in [4.69, 9.17) is 16.3 Å². The van der Waals surface area contributed by atoms with Gasteiger partial charge in [0, 0.05) is 16.1 Å². The molecule has 0 spiro atoms. The van der Waals surface area contributed by atoms with E-state index in [0.29, 0.717) is 16.4 Å². The Balaban J connectivity index is 1.46. The Kier molecular flexibility index (Phi) is 6.30. The van der Waals surface area contributed by atoms with Gasteiger partial charge in [-0.1, -0.05) is 48.0 Å². The number of amides is 1. The number of aryl methyl sites for hydroxylation is 3. The van der Waals surface area contributed by atoms with Crippen LogP contribution in [0.15, 0.2) is 48.5 Å². The van der Waals surface area contributed by atoms with E-state index in [2.05, 4.69) is 10.4 Å². The van der Waals surface area contributed by atoms with Crippen molar-refractivity contribution in [3.05, 3.63) is 80.8 Å². The molecule has 4 aromatic rings. The minimum Gasteiger partial charge on any atom is -0.451 e. The number of benzene rings is 2. The first-order valence-corrected chi connectivity index (χ1v) is 11.3. The van der Waals surface area contributed by atoms with Gasteiger partial charge < -0.3 is 10.1 Å². The van der Waals surface area contributed by atoms with Crippen molar-refractivity contribution in [2.45, 2.75) is 27.3 Å². The predicted octanol–water partition coefficient (Wildman–Crippen LogP) is 5.52. The van der Waals surface area contributed by atoms with E-state index < -0.39 is 5.97 Å². The van der Waals surface area contributed by atoms with Gasteiger partial charge in [-0.2, -0.15) is 5.10 Å². The van der Waals surface area contributed by atoms with Gasteiger partial charge in [-0.15, -0.1) is 11.3 Å². The maximum atomic E-state index is 12.6. The second kappa shape index (κ2) is 9.14. The lowest BCUT2D eigenvalue weighted by molar-refractivity contribution is -0.119. The fourth-order valence-electron chi connectivity index (χ4n) is 3.50. The highest BCUT2D eigenvalue weighted by Gasteiger charge is 2.19. The minimum absolute atomic E-state index is 0.356. The van der Waals surface area contributed by atoms with Crippen molar-refractivity contribution in [3.8, 4) is 0 Å². The lowest BCUT2D eigenvalue weighted by atomic mass is 10.1. The second-order valence-electron chi connectivity index (χ2n) is 7.56. The summed E-state index contributed by atoms with van der Waals surface area (Å²) >= 11 is 7.58. The predicted molar refractivity (Wildman–Crippen MR) is 128 cm³/mol. The van der Waals surface area contributed by atoms with Crippen LogP contribution in [0, 0.1) is 20.8 Å². The van der Waals surface area contributed by atoms with Crippen molar-refractivity contribution < 1.29 is 14.3 Å². The molecule has 0 radical (unpaired) electrons. The second-order valence-corrected chi connectivity index (χ2v) is 8.99. The van der Waals surface area contributed by atoms with Crippen LogP contribution in [0.1, 0.15) is 32.1 Å². The van der Waals surface area contributed by atoms with E-state index in [1.54, 1.807) is 6.07 Å². The van der Waals surface area contributed by atoms with Crippen molar-refractivity contribution in [2.75, 3.05) is 11.9 Å². The molecular weight excluding hydrogens is 446 g/mol. The van der Waals surface area contributed by atoms with Crippen LogP contribution >= 0.6 is 22.9 Å². The van der Waals surface area contributed by atoms with Crippen LogP contribution in [-0.2, 0) is 16.1 Å². The van der Waals surface area contributed by atoms with E-state index in [1.807, 2.05) is 67.9 Å². The lowest BCUT2D eigenvalue weighted by Gasteiger charge is -2.11. The monoisotopic (exact) mass is 467 g/mol. The van der Waals surface area contributed by atoms with Crippen LogP contribution in [0.5, 0.6) is 0 Å². The Morgan fingerprint density at radius 1 is 1.09 bits per heavy atom. The van der Waals surface area contributed by atoms with Gasteiger partial charge in [0.2, 0.25) is 0 Å². The first-order valence-electron chi connectivity index (χ1n) is 10.1. The van der Waals surface area contributed by atoms with Crippen LogP contribution in [0.4, 0.5) is 5.69 Å². The van der Waals surface area contributed by atoms with E-state index in [9.17, 15) is 9.59 Å². The van der Waals surface area contributed by atoms with Crippen molar-refractivity contribution in [3.63, 3.8) is 0 Å². The number of thiophene rings is 1. The Labute approximate surface area is 194 Å². The van der Waals surface area contributed by atoms with Crippen LogP contribution in [-0.4, -0.2) is 28.3 Å². The molecule has 0 aliphatic heterocycles. The molecule has 1 N–H and O–H groups in total. The quantitative estimate of drug-likeness (QED) is 0.379. The molecular formula is C24H22ClN3O3S. The molecule has 1 amide bonds. The smallest absolute Gasteiger partial charge is 0.348 e. The lowest BCUT2D eigenvalue weighted by Crippen LogP contribution is -2.21. The van der Waals surface area contributed by atoms with E-state index in [1.165, 1.54) is 11.3 Å². The number of hydrogen-bond acceptors (Lipinski definition) is 5. The first-order chi connectivity index (χ1) is 15.3. The molecule has 2 heterocycles. The third kappa shape index (κ3) is 4.54. The SMILES string of the molecule is Cc1cccc(C)c1NC(=O)COC(=O)c1cc2c(C)nn(Cc3ccccc3Cl)c2s1. The number of nitrogens with one attached hydrogen (secondary N) is 1. The third-order valence-electron chi connectivity index (χ3n) is 5.17. The Hall–Kier alpha value is -3.16. The summed E-state index contributed by atoms with van der Waals surface area (Å²) in [5, 5.41) is 8.94. The highest BCUT2D eigenvalue weighted by molar-refractivity contribution is 7.20. The largest absolute Gasteiger partial charge is 0.451 e. The van der Waals surface area contributed by atoms with Gasteiger partial charge in [-0.3, -0.25) is 9.48 Å². The molecule has 0 saturated heterocycles. The summed E-state index contributed by atoms with van der Waals surface area (Å²) in [4.78, 5) is 26.2. The maximum absolute atomic E-state index is 12.6. The molecule has 0 unspecified atom stereocenters. The Morgan fingerprint density at radius 2 is 1.81 bits per heavy atom. The molecule has 32 heavy (non-hydrogen) atoms. The first kappa shape index (κ1) is 22.0. The third-order valence-corrected chi connectivity index (χ3v) is 6.66. The van der Waals surface area contributed by atoms with Crippen LogP contribution in [0.3, 0.4) is 0 Å². The van der Waals surface area contributed by atoms with Crippen LogP contribution in [0.2, 0.25) is 5.02 Å². The van der Waals surface area contributed by atoms with Gasteiger partial charge >= 0.3 is 5.97 Å². The molecule has 0 fully saturated rings. The van der Waals surface area contributed by atoms with Crippen LogP contribution in [0.25, 0.3) is 10.2 Å². The minimum atomic E-state index is -0.536. The molecule has 2 aromatic heterocycles. The van der Waals surface area contributed by atoms with Crippen molar-refractivity contribution in [1.29, 1.82) is 0 Å². The van der Waals surface area contributed by atoms with E-state index >= 15 is 0 Å². The zero-order valence-corrected chi connectivity index (χ0v) is 19.5. The molecule has 0 saturated carbocycles. The number of rotatable bonds is 6. The average molecular weight is 468 g/mol. The highest BCUT2D eigenvalue weighted by Crippen LogP contribution is 2.30. The number of fused-ring (bicyclic) bond motifs is 1. The van der Waals surface area contributed by atoms with Gasteiger partial charge in [-0.25, -0.2) is 4.79 Å². The van der Waals surface area contributed by atoms with E-state index in [0.717, 1.165) is 38.3 Å². The van der Waals surface area contributed by atoms with Gasteiger partial charge in [-0.05, 0) is 49.6 Å². The van der Waals surface area contributed by atoms with Crippen molar-refractivity contribution >= 4 is 50.7 Å². The summed E-state index contributed by atoms with van der Waals surface area (Å²) in [6.07, 6.45) is 0. The van der Waals surface area contributed by atoms with Crippen LogP contribution < -0.4 is 5.32 Å². The number of hydrogen-bond donors (Lipinski definition) is 1. The topological polar surface area (TPSA) is 73.2 Å².